The number of carbonyl (C=O) groups is 3. The molecule has 21 heavy (non-hydrogen) atoms. The number of nitrogens with zero attached hydrogens (tertiary/aromatic N) is 1. The molecule has 1 atom stereocenters. The highest BCUT2D eigenvalue weighted by molar-refractivity contribution is 7.17. The van der Waals surface area contributed by atoms with E-state index < -0.39 is 5.92 Å². The Morgan fingerprint density at radius 1 is 1.48 bits per heavy atom. The highest BCUT2D eigenvalue weighted by Gasteiger charge is 2.36. The summed E-state index contributed by atoms with van der Waals surface area (Å²) in [5, 5.41) is 2.97. The van der Waals surface area contributed by atoms with E-state index in [1.807, 2.05) is 0 Å². The number of furan rings is 1. The zero-order valence-corrected chi connectivity index (χ0v) is 12.0. The van der Waals surface area contributed by atoms with Gasteiger partial charge in [-0.15, -0.1) is 0 Å². The molecule has 0 saturated heterocycles. The lowest BCUT2D eigenvalue weighted by molar-refractivity contribution is -0.114. The maximum absolute atomic E-state index is 12.5. The molecule has 0 aliphatic heterocycles. The third-order valence-electron chi connectivity index (χ3n) is 3.31. The minimum atomic E-state index is -0.694. The van der Waals surface area contributed by atoms with Crippen LogP contribution in [0.4, 0.5) is 5.13 Å². The summed E-state index contributed by atoms with van der Waals surface area (Å²) >= 11 is 1.12. The summed E-state index contributed by atoms with van der Waals surface area (Å²) in [6.07, 6.45) is 3.73. The molecule has 1 amide bonds. The van der Waals surface area contributed by atoms with Gasteiger partial charge in [-0.05, 0) is 18.9 Å². The van der Waals surface area contributed by atoms with Gasteiger partial charge >= 0.3 is 0 Å². The fourth-order valence-corrected chi connectivity index (χ4v) is 3.40. The van der Waals surface area contributed by atoms with E-state index >= 15 is 0 Å². The van der Waals surface area contributed by atoms with E-state index in [0.29, 0.717) is 34.1 Å². The average Bonchev–Trinajstić information content (AvgIpc) is 3.06. The van der Waals surface area contributed by atoms with Crippen LogP contribution in [0.15, 0.2) is 23.0 Å². The molecule has 0 spiro atoms. The molecule has 0 saturated carbocycles. The van der Waals surface area contributed by atoms with Gasteiger partial charge in [-0.1, -0.05) is 11.3 Å². The molecule has 0 aromatic carbocycles. The van der Waals surface area contributed by atoms with Crippen LogP contribution in [0.3, 0.4) is 0 Å². The largest absolute Gasteiger partial charge is 0.472 e. The molecule has 3 rings (SSSR count). The van der Waals surface area contributed by atoms with Gasteiger partial charge < -0.3 is 9.73 Å². The van der Waals surface area contributed by atoms with Crippen LogP contribution >= 0.6 is 11.3 Å². The Kier molecular flexibility index (Phi) is 3.42. The maximum atomic E-state index is 12.5. The highest BCUT2D eigenvalue weighted by Crippen LogP contribution is 2.33. The van der Waals surface area contributed by atoms with Crippen molar-refractivity contribution in [1.82, 2.24) is 4.98 Å². The molecule has 1 unspecified atom stereocenters. The van der Waals surface area contributed by atoms with Crippen LogP contribution in [0.1, 0.15) is 39.1 Å². The summed E-state index contributed by atoms with van der Waals surface area (Å²) in [5.41, 5.74) is 1.06. The van der Waals surface area contributed by atoms with E-state index in [1.165, 1.54) is 19.5 Å². The summed E-state index contributed by atoms with van der Waals surface area (Å²) in [5.74, 6) is -1.38. The number of thiazole rings is 1. The zero-order valence-electron chi connectivity index (χ0n) is 11.2. The van der Waals surface area contributed by atoms with Gasteiger partial charge in [0.2, 0.25) is 5.91 Å². The van der Waals surface area contributed by atoms with Crippen LogP contribution in [-0.2, 0) is 11.2 Å². The van der Waals surface area contributed by atoms with Crippen molar-refractivity contribution in [2.45, 2.75) is 19.8 Å². The SMILES string of the molecule is CC(=O)Nc1nc2c(s1)C(=O)C(C(=O)c1ccoc1)CC2. The molecular weight excluding hydrogens is 292 g/mol. The van der Waals surface area contributed by atoms with Crippen LogP contribution in [0.2, 0.25) is 0 Å². The number of hydrogen-bond acceptors (Lipinski definition) is 6. The van der Waals surface area contributed by atoms with E-state index in [9.17, 15) is 14.4 Å². The third kappa shape index (κ3) is 2.52. The molecule has 0 radical (unpaired) electrons. The topological polar surface area (TPSA) is 89.3 Å². The van der Waals surface area contributed by atoms with Crippen molar-refractivity contribution in [2.75, 3.05) is 5.32 Å². The second-order valence-electron chi connectivity index (χ2n) is 4.81. The number of rotatable bonds is 3. The molecule has 6 nitrogen and oxygen atoms in total. The molecule has 108 valence electrons. The third-order valence-corrected chi connectivity index (χ3v) is 4.34. The summed E-state index contributed by atoms with van der Waals surface area (Å²) in [6.45, 7) is 1.38. The first kappa shape index (κ1) is 13.7. The first-order valence-corrected chi connectivity index (χ1v) is 7.26. The Morgan fingerprint density at radius 3 is 2.95 bits per heavy atom. The van der Waals surface area contributed by atoms with Gasteiger partial charge in [0.25, 0.3) is 0 Å². The number of carbonyl (C=O) groups excluding carboxylic acids is 3. The van der Waals surface area contributed by atoms with Crippen molar-refractivity contribution in [1.29, 1.82) is 0 Å². The van der Waals surface area contributed by atoms with Gasteiger partial charge in [0.1, 0.15) is 6.26 Å². The number of anilines is 1. The Hall–Kier alpha value is -2.28. The van der Waals surface area contributed by atoms with Gasteiger partial charge in [0.05, 0.1) is 28.3 Å². The standard InChI is InChI=1S/C14H12N2O4S/c1-7(17)15-14-16-10-3-2-9(12(19)13(10)21-14)11(18)8-4-5-20-6-8/h4-6,9H,2-3H2,1H3,(H,15,16,17). The van der Waals surface area contributed by atoms with Crippen molar-refractivity contribution < 1.29 is 18.8 Å². The second-order valence-corrected chi connectivity index (χ2v) is 5.81. The Balaban J connectivity index is 1.87. The monoisotopic (exact) mass is 304 g/mol. The van der Waals surface area contributed by atoms with Crippen molar-refractivity contribution in [3.05, 3.63) is 34.7 Å². The van der Waals surface area contributed by atoms with Gasteiger partial charge in [0, 0.05) is 6.92 Å². The maximum Gasteiger partial charge on any atom is 0.223 e. The smallest absolute Gasteiger partial charge is 0.223 e. The van der Waals surface area contributed by atoms with Gasteiger partial charge in [0.15, 0.2) is 16.7 Å². The number of ketones is 2. The van der Waals surface area contributed by atoms with E-state index in [2.05, 4.69) is 10.3 Å². The molecule has 0 bridgehead atoms. The first-order valence-electron chi connectivity index (χ1n) is 6.44. The van der Waals surface area contributed by atoms with Crippen molar-refractivity contribution in [3.63, 3.8) is 0 Å². The lowest BCUT2D eigenvalue weighted by Gasteiger charge is -2.17. The van der Waals surface area contributed by atoms with Gasteiger partial charge in [-0.3, -0.25) is 14.4 Å². The summed E-state index contributed by atoms with van der Waals surface area (Å²) in [6, 6.07) is 1.56. The number of nitrogens with one attached hydrogen (secondary N) is 1. The van der Waals surface area contributed by atoms with Crippen molar-refractivity contribution >= 4 is 33.9 Å². The van der Waals surface area contributed by atoms with Crippen LogP contribution in [0, 0.1) is 5.92 Å². The molecule has 1 aliphatic rings. The molecule has 1 aliphatic carbocycles. The van der Waals surface area contributed by atoms with Crippen molar-refractivity contribution in [2.24, 2.45) is 5.92 Å². The van der Waals surface area contributed by atoms with Crippen LogP contribution in [0.25, 0.3) is 0 Å². The molecule has 7 heteroatoms. The predicted octanol–water partition coefficient (Wildman–Crippen LogP) is 2.32. The lowest BCUT2D eigenvalue weighted by atomic mass is 9.85. The minimum Gasteiger partial charge on any atom is -0.472 e. The number of amides is 1. The predicted molar refractivity (Wildman–Crippen MR) is 75.6 cm³/mol. The van der Waals surface area contributed by atoms with E-state index in [-0.39, 0.29) is 17.5 Å². The fraction of sp³-hybridized carbons (Fsp3) is 0.286. The number of hydrogen-bond donors (Lipinski definition) is 1. The van der Waals surface area contributed by atoms with Crippen LogP contribution < -0.4 is 5.32 Å². The van der Waals surface area contributed by atoms with Crippen LogP contribution in [-0.4, -0.2) is 22.5 Å². The quantitative estimate of drug-likeness (QED) is 0.694. The number of aryl methyl sites for hydroxylation is 1. The van der Waals surface area contributed by atoms with E-state index in [4.69, 9.17) is 4.42 Å². The highest BCUT2D eigenvalue weighted by atomic mass is 32.1. The van der Waals surface area contributed by atoms with E-state index in [1.54, 1.807) is 6.07 Å². The van der Waals surface area contributed by atoms with Gasteiger partial charge in [-0.2, -0.15) is 0 Å². The minimum absolute atomic E-state index is 0.225. The summed E-state index contributed by atoms with van der Waals surface area (Å²) in [7, 11) is 0. The first-order chi connectivity index (χ1) is 10.1. The van der Waals surface area contributed by atoms with E-state index in [0.717, 1.165) is 11.3 Å². The molecule has 2 aromatic rings. The van der Waals surface area contributed by atoms with Crippen molar-refractivity contribution in [3.8, 4) is 0 Å². The molecule has 1 N–H and O–H groups in total. The Morgan fingerprint density at radius 2 is 2.29 bits per heavy atom. The van der Waals surface area contributed by atoms with Gasteiger partial charge in [-0.25, -0.2) is 4.98 Å². The Labute approximate surface area is 124 Å². The second kappa shape index (κ2) is 5.25. The Bertz CT molecular complexity index is 717. The fourth-order valence-electron chi connectivity index (χ4n) is 2.34. The normalized spacial score (nSPS) is 17.4. The summed E-state index contributed by atoms with van der Waals surface area (Å²) < 4.78 is 4.89. The molecule has 0 fully saturated rings. The lowest BCUT2D eigenvalue weighted by Crippen LogP contribution is -2.28. The molecule has 2 aromatic heterocycles. The zero-order chi connectivity index (χ0) is 15.0. The molecular formula is C14H12N2O4S. The number of aromatic nitrogens is 1. The molecule has 2 heterocycles. The van der Waals surface area contributed by atoms with Crippen LogP contribution in [0.5, 0.6) is 0 Å². The average molecular weight is 304 g/mol. The number of Topliss-reactive ketones (excluding diaryl/α,β-unsaturated/α-hetero) is 2. The summed E-state index contributed by atoms with van der Waals surface area (Å²) in [4.78, 5) is 40.5. The number of fused-ring (bicyclic) bond motifs is 1.